The molecule has 20 heavy (non-hydrogen) atoms. The largest absolute Gasteiger partial charge is 0.341 e. The van der Waals surface area contributed by atoms with Crippen molar-refractivity contribution in [2.45, 2.75) is 13.8 Å². The number of carbonyl (C=O) groups excluding carboxylic acids is 2. The summed E-state index contributed by atoms with van der Waals surface area (Å²) in [4.78, 5) is 23.0. The number of urea groups is 1. The van der Waals surface area contributed by atoms with Gasteiger partial charge in [0.25, 0.3) is 0 Å². The predicted octanol–water partition coefficient (Wildman–Crippen LogP) is 1.62. The Morgan fingerprint density at radius 2 is 1.65 bits per heavy atom. The molecule has 1 unspecified atom stereocenters. The standard InChI is InChI=1S/C14H22N4O2/c1-4-16-9-10(2)13(19)17-11-5-7-12(8-6-11)18-14(20)15-3/h5-8,10,16H,4,9H2,1-3H3,(H,17,19)(H2,15,18,20). The number of hydrogen-bond donors (Lipinski definition) is 4. The highest BCUT2D eigenvalue weighted by Crippen LogP contribution is 2.14. The molecule has 0 spiro atoms. The summed E-state index contributed by atoms with van der Waals surface area (Å²) in [6, 6.07) is 6.70. The van der Waals surface area contributed by atoms with Gasteiger partial charge in [-0.05, 0) is 30.8 Å². The summed E-state index contributed by atoms with van der Waals surface area (Å²) in [7, 11) is 1.55. The molecule has 0 aromatic heterocycles. The third-order valence-electron chi connectivity index (χ3n) is 2.79. The molecule has 1 atom stereocenters. The number of amides is 3. The first-order chi connectivity index (χ1) is 9.56. The van der Waals surface area contributed by atoms with Crippen LogP contribution in [0.1, 0.15) is 13.8 Å². The van der Waals surface area contributed by atoms with E-state index in [0.717, 1.165) is 6.54 Å². The minimum atomic E-state index is -0.277. The molecular formula is C14H22N4O2. The van der Waals surface area contributed by atoms with Gasteiger partial charge in [-0.3, -0.25) is 4.79 Å². The van der Waals surface area contributed by atoms with Gasteiger partial charge in [0, 0.05) is 30.9 Å². The van der Waals surface area contributed by atoms with Crippen molar-refractivity contribution in [2.24, 2.45) is 5.92 Å². The van der Waals surface area contributed by atoms with E-state index >= 15 is 0 Å². The Morgan fingerprint density at radius 3 is 2.15 bits per heavy atom. The van der Waals surface area contributed by atoms with Crippen molar-refractivity contribution in [3.05, 3.63) is 24.3 Å². The maximum Gasteiger partial charge on any atom is 0.318 e. The second-order valence-electron chi connectivity index (χ2n) is 4.48. The summed E-state index contributed by atoms with van der Waals surface area (Å²) < 4.78 is 0. The Labute approximate surface area is 119 Å². The van der Waals surface area contributed by atoms with Crippen LogP contribution in [0.2, 0.25) is 0 Å². The molecule has 0 aliphatic carbocycles. The molecule has 0 radical (unpaired) electrons. The number of hydrogen-bond acceptors (Lipinski definition) is 3. The van der Waals surface area contributed by atoms with Crippen molar-refractivity contribution in [3.8, 4) is 0 Å². The highest BCUT2D eigenvalue weighted by Gasteiger charge is 2.12. The van der Waals surface area contributed by atoms with Gasteiger partial charge in [-0.1, -0.05) is 13.8 Å². The molecule has 0 fully saturated rings. The lowest BCUT2D eigenvalue weighted by molar-refractivity contribution is -0.119. The summed E-state index contributed by atoms with van der Waals surface area (Å²) in [6.07, 6.45) is 0. The molecule has 0 saturated heterocycles. The van der Waals surface area contributed by atoms with Crippen LogP contribution in [-0.2, 0) is 4.79 Å². The molecule has 6 nitrogen and oxygen atoms in total. The number of anilines is 2. The Balaban J connectivity index is 2.52. The number of benzene rings is 1. The lowest BCUT2D eigenvalue weighted by Gasteiger charge is -2.13. The van der Waals surface area contributed by atoms with Gasteiger partial charge in [0.15, 0.2) is 0 Å². The third kappa shape index (κ3) is 5.27. The molecule has 1 rings (SSSR count). The summed E-state index contributed by atoms with van der Waals surface area (Å²) in [5, 5.41) is 11.1. The molecule has 3 amide bonds. The molecule has 0 aliphatic heterocycles. The fourth-order valence-electron chi connectivity index (χ4n) is 1.55. The van der Waals surface area contributed by atoms with Crippen LogP contribution in [0.25, 0.3) is 0 Å². The molecule has 1 aromatic carbocycles. The monoisotopic (exact) mass is 278 g/mol. The molecular weight excluding hydrogens is 256 g/mol. The van der Waals surface area contributed by atoms with Gasteiger partial charge in [0.05, 0.1) is 0 Å². The van der Waals surface area contributed by atoms with E-state index in [1.54, 1.807) is 31.3 Å². The van der Waals surface area contributed by atoms with E-state index in [2.05, 4.69) is 21.3 Å². The van der Waals surface area contributed by atoms with Gasteiger partial charge < -0.3 is 21.3 Å². The van der Waals surface area contributed by atoms with Crippen molar-refractivity contribution in [1.29, 1.82) is 0 Å². The van der Waals surface area contributed by atoms with E-state index in [0.29, 0.717) is 17.9 Å². The zero-order valence-electron chi connectivity index (χ0n) is 12.1. The Bertz CT molecular complexity index is 445. The molecule has 4 N–H and O–H groups in total. The van der Waals surface area contributed by atoms with Crippen molar-refractivity contribution in [3.63, 3.8) is 0 Å². The van der Waals surface area contributed by atoms with E-state index in [9.17, 15) is 9.59 Å². The molecule has 0 saturated carbocycles. The summed E-state index contributed by atoms with van der Waals surface area (Å²) in [5.41, 5.74) is 1.38. The maximum absolute atomic E-state index is 11.9. The second kappa shape index (κ2) is 8.16. The van der Waals surface area contributed by atoms with Gasteiger partial charge in [-0.15, -0.1) is 0 Å². The lowest BCUT2D eigenvalue weighted by atomic mass is 10.1. The lowest BCUT2D eigenvalue weighted by Crippen LogP contribution is -2.30. The van der Waals surface area contributed by atoms with Crippen molar-refractivity contribution >= 4 is 23.3 Å². The summed E-state index contributed by atoms with van der Waals surface area (Å²) >= 11 is 0. The first-order valence-corrected chi connectivity index (χ1v) is 6.67. The zero-order chi connectivity index (χ0) is 15.0. The van der Waals surface area contributed by atoms with E-state index in [1.165, 1.54) is 0 Å². The fourth-order valence-corrected chi connectivity index (χ4v) is 1.55. The molecule has 1 aromatic rings. The normalized spacial score (nSPS) is 11.6. The summed E-state index contributed by atoms with van der Waals surface area (Å²) in [5.74, 6) is -0.128. The number of carbonyl (C=O) groups is 2. The SMILES string of the molecule is CCNCC(C)C(=O)Nc1ccc(NC(=O)NC)cc1. The van der Waals surface area contributed by atoms with Crippen LogP contribution in [0.15, 0.2) is 24.3 Å². The first kappa shape index (κ1) is 16.0. The van der Waals surface area contributed by atoms with E-state index in [4.69, 9.17) is 0 Å². The van der Waals surface area contributed by atoms with Crippen LogP contribution >= 0.6 is 0 Å². The quantitative estimate of drug-likeness (QED) is 0.638. The highest BCUT2D eigenvalue weighted by molar-refractivity contribution is 5.93. The van der Waals surface area contributed by atoms with Gasteiger partial charge in [-0.25, -0.2) is 4.79 Å². The maximum atomic E-state index is 11.9. The average Bonchev–Trinajstić information content (AvgIpc) is 2.46. The Kier molecular flexibility index (Phi) is 6.52. The Hall–Kier alpha value is -2.08. The second-order valence-corrected chi connectivity index (χ2v) is 4.48. The van der Waals surface area contributed by atoms with Crippen LogP contribution in [0.3, 0.4) is 0 Å². The molecule has 6 heteroatoms. The molecule has 0 bridgehead atoms. The third-order valence-corrected chi connectivity index (χ3v) is 2.79. The molecule has 0 heterocycles. The zero-order valence-corrected chi connectivity index (χ0v) is 12.1. The van der Waals surface area contributed by atoms with Crippen LogP contribution in [0.5, 0.6) is 0 Å². The summed E-state index contributed by atoms with van der Waals surface area (Å²) in [6.45, 7) is 5.37. The van der Waals surface area contributed by atoms with Gasteiger partial charge in [-0.2, -0.15) is 0 Å². The van der Waals surface area contributed by atoms with Crippen molar-refractivity contribution in [1.82, 2.24) is 10.6 Å². The van der Waals surface area contributed by atoms with Crippen LogP contribution in [-0.4, -0.2) is 32.1 Å². The van der Waals surface area contributed by atoms with E-state index in [-0.39, 0.29) is 17.9 Å². The topological polar surface area (TPSA) is 82.3 Å². The number of rotatable bonds is 6. The number of nitrogens with one attached hydrogen (secondary N) is 4. The fraction of sp³-hybridized carbons (Fsp3) is 0.429. The van der Waals surface area contributed by atoms with Gasteiger partial charge in [0.1, 0.15) is 0 Å². The van der Waals surface area contributed by atoms with E-state index in [1.807, 2.05) is 13.8 Å². The molecule has 0 aliphatic rings. The van der Waals surface area contributed by atoms with Crippen molar-refractivity contribution < 1.29 is 9.59 Å². The predicted molar refractivity (Wildman–Crippen MR) is 80.9 cm³/mol. The van der Waals surface area contributed by atoms with Gasteiger partial charge >= 0.3 is 6.03 Å². The first-order valence-electron chi connectivity index (χ1n) is 6.67. The minimum absolute atomic E-state index is 0.0297. The van der Waals surface area contributed by atoms with Crippen LogP contribution < -0.4 is 21.3 Å². The van der Waals surface area contributed by atoms with Crippen LogP contribution in [0.4, 0.5) is 16.2 Å². The Morgan fingerprint density at radius 1 is 1.10 bits per heavy atom. The minimum Gasteiger partial charge on any atom is -0.341 e. The van der Waals surface area contributed by atoms with E-state index < -0.39 is 0 Å². The van der Waals surface area contributed by atoms with Crippen molar-refractivity contribution in [2.75, 3.05) is 30.8 Å². The molecule has 110 valence electrons. The average molecular weight is 278 g/mol. The van der Waals surface area contributed by atoms with Gasteiger partial charge in [0.2, 0.25) is 5.91 Å². The highest BCUT2D eigenvalue weighted by atomic mass is 16.2. The smallest absolute Gasteiger partial charge is 0.318 e. The van der Waals surface area contributed by atoms with Crippen LogP contribution in [0, 0.1) is 5.92 Å².